The van der Waals surface area contributed by atoms with E-state index in [1.807, 2.05) is 72.8 Å². The molecule has 0 spiro atoms. The standard InChI is InChI=1S/C51H51N3O5S/c55-31-33-14-16-39(17-15-33)45-26-44(32-60-50-53-46(40-9-3-1-4-10-40)47(59-50)41-11-5-2-6-12-41)57-48(58-45)42-20-18-38(19-21-42)43-13-7-8-34(25-43)30-52-49(56)54-51-27-35-22-36(28-51)24-37(23-35)29-51/h1-21,25,35-37,44-45,48,55H,22-24,26-32H2,(H2,52,54,56). The fourth-order valence-corrected chi connectivity index (χ4v) is 11.4. The molecule has 2 amide bonds. The molecule has 1 aliphatic heterocycles. The van der Waals surface area contributed by atoms with E-state index in [2.05, 4.69) is 71.3 Å². The second-order valence-corrected chi connectivity index (χ2v) is 18.3. The van der Waals surface area contributed by atoms with Gasteiger partial charge < -0.3 is 29.6 Å². The Bertz CT molecular complexity index is 2310. The lowest BCUT2D eigenvalue weighted by Crippen LogP contribution is -2.61. The van der Waals surface area contributed by atoms with Gasteiger partial charge in [-0.25, -0.2) is 9.78 Å². The zero-order valence-corrected chi connectivity index (χ0v) is 34.5. The van der Waals surface area contributed by atoms with Gasteiger partial charge in [0, 0.05) is 40.9 Å². The summed E-state index contributed by atoms with van der Waals surface area (Å²) in [7, 11) is 0. The van der Waals surface area contributed by atoms with Gasteiger partial charge in [0.15, 0.2) is 12.1 Å². The van der Waals surface area contributed by atoms with Crippen LogP contribution in [-0.2, 0) is 22.6 Å². The van der Waals surface area contributed by atoms with E-state index in [4.69, 9.17) is 18.9 Å². The molecule has 5 aromatic carbocycles. The number of nitrogens with zero attached hydrogens (tertiary/aromatic N) is 1. The summed E-state index contributed by atoms with van der Waals surface area (Å²) in [6.45, 7) is 0.467. The predicted octanol–water partition coefficient (Wildman–Crippen LogP) is 11.3. The lowest BCUT2D eigenvalue weighted by molar-refractivity contribution is -0.245. The van der Waals surface area contributed by atoms with Crippen molar-refractivity contribution in [3.05, 3.63) is 156 Å². The zero-order chi connectivity index (χ0) is 40.5. The van der Waals surface area contributed by atoms with Gasteiger partial charge in [-0.2, -0.15) is 0 Å². The molecule has 4 aliphatic carbocycles. The van der Waals surface area contributed by atoms with Crippen LogP contribution >= 0.6 is 11.8 Å². The molecular weight excluding hydrogens is 767 g/mol. The zero-order valence-electron chi connectivity index (χ0n) is 33.7. The molecule has 9 heteroatoms. The number of benzene rings is 5. The van der Waals surface area contributed by atoms with Crippen molar-refractivity contribution in [2.24, 2.45) is 17.8 Å². The molecule has 3 N–H and O–H groups in total. The van der Waals surface area contributed by atoms with Gasteiger partial charge in [-0.3, -0.25) is 0 Å². The third kappa shape index (κ3) is 8.54. The topological polar surface area (TPSA) is 106 Å². The number of hydrogen-bond acceptors (Lipinski definition) is 7. The monoisotopic (exact) mass is 817 g/mol. The van der Waals surface area contributed by atoms with Crippen LogP contribution in [0, 0.1) is 17.8 Å². The van der Waals surface area contributed by atoms with Gasteiger partial charge >= 0.3 is 6.03 Å². The van der Waals surface area contributed by atoms with E-state index < -0.39 is 6.29 Å². The van der Waals surface area contributed by atoms with E-state index >= 15 is 0 Å². The second kappa shape index (κ2) is 17.1. The molecule has 0 radical (unpaired) electrons. The number of hydrogen-bond donors (Lipinski definition) is 3. The summed E-state index contributed by atoms with van der Waals surface area (Å²) in [5.41, 5.74) is 8.83. The maximum Gasteiger partial charge on any atom is 0.315 e. The fourth-order valence-electron chi connectivity index (χ4n) is 10.6. The third-order valence-electron chi connectivity index (χ3n) is 13.0. The van der Waals surface area contributed by atoms with E-state index in [1.165, 1.54) is 19.3 Å². The molecule has 2 heterocycles. The molecular formula is C51H51N3O5S. The SMILES string of the molecule is O=C(NCc1cccc(-c2ccc(C3OC(CSc4nc(-c5ccccc5)c(-c5ccccc5)o4)CC(c4ccc(CO)cc4)O3)cc2)c1)NC12CC3CC(CC(C3)C1)C2. The molecule has 3 unspecified atom stereocenters. The van der Waals surface area contributed by atoms with Crippen molar-refractivity contribution >= 4 is 17.8 Å². The van der Waals surface area contributed by atoms with E-state index in [1.54, 1.807) is 11.8 Å². The average molecular weight is 818 g/mol. The van der Waals surface area contributed by atoms with Crippen molar-refractivity contribution in [3.8, 4) is 33.7 Å². The first-order chi connectivity index (χ1) is 29.4. The quantitative estimate of drug-likeness (QED) is 0.106. The number of aliphatic hydroxyl groups is 1. The van der Waals surface area contributed by atoms with Crippen molar-refractivity contribution in [1.82, 2.24) is 15.6 Å². The number of nitrogens with one attached hydrogen (secondary N) is 2. The summed E-state index contributed by atoms with van der Waals surface area (Å²) < 4.78 is 19.8. The van der Waals surface area contributed by atoms with Crippen LogP contribution in [0.15, 0.2) is 143 Å². The van der Waals surface area contributed by atoms with Crippen molar-refractivity contribution in [2.75, 3.05) is 5.75 Å². The van der Waals surface area contributed by atoms with Crippen LogP contribution < -0.4 is 10.6 Å². The van der Waals surface area contributed by atoms with Crippen LogP contribution in [-0.4, -0.2) is 33.5 Å². The van der Waals surface area contributed by atoms with E-state index in [0.29, 0.717) is 23.9 Å². The molecule has 5 fully saturated rings. The first-order valence-corrected chi connectivity index (χ1v) is 22.4. The predicted molar refractivity (Wildman–Crippen MR) is 235 cm³/mol. The number of amides is 2. The highest BCUT2D eigenvalue weighted by molar-refractivity contribution is 7.99. The van der Waals surface area contributed by atoms with Crippen LogP contribution in [0.4, 0.5) is 4.79 Å². The Morgan fingerprint density at radius 2 is 1.33 bits per heavy atom. The van der Waals surface area contributed by atoms with Crippen molar-refractivity contribution < 1.29 is 23.8 Å². The maximum absolute atomic E-state index is 13.2. The Morgan fingerprint density at radius 1 is 0.683 bits per heavy atom. The number of aliphatic hydroxyl groups excluding tert-OH is 1. The summed E-state index contributed by atoms with van der Waals surface area (Å²) in [5, 5.41) is 16.9. The van der Waals surface area contributed by atoms with E-state index in [-0.39, 0.29) is 30.4 Å². The van der Waals surface area contributed by atoms with Gasteiger partial charge in [0.25, 0.3) is 5.22 Å². The summed E-state index contributed by atoms with van der Waals surface area (Å²) in [6, 6.07) is 44.9. The van der Waals surface area contributed by atoms with Gasteiger partial charge in [-0.05, 0) is 90.2 Å². The number of urea groups is 1. The summed E-state index contributed by atoms with van der Waals surface area (Å²) in [5.74, 6) is 3.73. The molecule has 4 bridgehead atoms. The Kier molecular flexibility index (Phi) is 11.1. The number of rotatable bonds is 12. The van der Waals surface area contributed by atoms with E-state index in [9.17, 15) is 9.90 Å². The third-order valence-corrected chi connectivity index (χ3v) is 14.0. The van der Waals surface area contributed by atoms with Gasteiger partial charge in [0.2, 0.25) is 0 Å². The minimum Gasteiger partial charge on any atom is -0.431 e. The molecule has 1 aromatic heterocycles. The van der Waals surface area contributed by atoms with Crippen LogP contribution in [0.25, 0.3) is 33.7 Å². The number of thioether (sulfide) groups is 1. The Hall–Kier alpha value is -5.19. The molecule has 11 rings (SSSR count). The molecule has 8 nitrogen and oxygen atoms in total. The lowest BCUT2D eigenvalue weighted by Gasteiger charge is -2.56. The van der Waals surface area contributed by atoms with Crippen LogP contribution in [0.2, 0.25) is 0 Å². The molecule has 6 aromatic rings. The van der Waals surface area contributed by atoms with Gasteiger partial charge in [-0.1, -0.05) is 139 Å². The summed E-state index contributed by atoms with van der Waals surface area (Å²) in [6.07, 6.45) is 7.18. The lowest BCUT2D eigenvalue weighted by atomic mass is 9.53. The Morgan fingerprint density at radius 3 is 2.02 bits per heavy atom. The first-order valence-electron chi connectivity index (χ1n) is 21.4. The van der Waals surface area contributed by atoms with Gasteiger partial charge in [0.1, 0.15) is 5.69 Å². The second-order valence-electron chi connectivity index (χ2n) is 17.4. The largest absolute Gasteiger partial charge is 0.431 e. The molecule has 60 heavy (non-hydrogen) atoms. The fraction of sp³-hybridized carbons (Fsp3) is 0.333. The Balaban J connectivity index is 0.827. The summed E-state index contributed by atoms with van der Waals surface area (Å²) >= 11 is 1.55. The number of oxazole rings is 1. The minimum atomic E-state index is -0.590. The van der Waals surface area contributed by atoms with Crippen molar-refractivity contribution in [1.29, 1.82) is 0 Å². The van der Waals surface area contributed by atoms with Crippen LogP contribution in [0.3, 0.4) is 0 Å². The van der Waals surface area contributed by atoms with Crippen molar-refractivity contribution in [3.63, 3.8) is 0 Å². The summed E-state index contributed by atoms with van der Waals surface area (Å²) in [4.78, 5) is 18.2. The highest BCUT2D eigenvalue weighted by Gasteiger charge is 2.51. The van der Waals surface area contributed by atoms with Gasteiger partial charge in [0.05, 0.1) is 18.8 Å². The molecule has 4 saturated carbocycles. The number of aromatic nitrogens is 1. The van der Waals surface area contributed by atoms with Gasteiger partial charge in [-0.15, -0.1) is 0 Å². The molecule has 306 valence electrons. The number of carbonyl (C=O) groups excluding carboxylic acids is 1. The van der Waals surface area contributed by atoms with Crippen molar-refractivity contribution in [2.45, 2.75) is 87.4 Å². The highest BCUT2D eigenvalue weighted by Crippen LogP contribution is 2.55. The maximum atomic E-state index is 13.2. The molecule has 5 aliphatic rings. The van der Waals surface area contributed by atoms with E-state index in [0.717, 1.165) is 93.0 Å². The number of carbonyl (C=O) groups is 1. The first kappa shape index (κ1) is 39.0. The van der Waals surface area contributed by atoms with Crippen LogP contribution in [0.5, 0.6) is 0 Å². The smallest absolute Gasteiger partial charge is 0.315 e. The van der Waals surface area contributed by atoms with Crippen LogP contribution in [0.1, 0.15) is 79.6 Å². The Labute approximate surface area is 356 Å². The average Bonchev–Trinajstić information content (AvgIpc) is 3.72. The normalized spacial score (nSPS) is 25.6. The highest BCUT2D eigenvalue weighted by atomic mass is 32.2. The number of ether oxygens (including phenoxy) is 2. The minimum absolute atomic E-state index is 0.00653. The molecule has 1 saturated heterocycles. The molecule has 3 atom stereocenters.